The normalized spacial score (nSPS) is 17.4. The van der Waals surface area contributed by atoms with Crippen LogP contribution in [0, 0.1) is 0 Å². The van der Waals surface area contributed by atoms with Crippen molar-refractivity contribution in [1.82, 2.24) is 14.3 Å². The number of hydrogen-bond acceptors (Lipinski definition) is 5. The van der Waals surface area contributed by atoms with E-state index in [1.807, 2.05) is 5.38 Å². The summed E-state index contributed by atoms with van der Waals surface area (Å²) in [4.78, 5) is 19.8. The van der Waals surface area contributed by atoms with Crippen LogP contribution in [0.25, 0.3) is 10.6 Å². The largest absolute Gasteiger partial charge is 0.416 e. The first-order chi connectivity index (χ1) is 14.2. The molecule has 11 heteroatoms. The van der Waals surface area contributed by atoms with Crippen LogP contribution in [0.15, 0.2) is 29.6 Å². The maximum atomic E-state index is 13.0. The number of amides is 1. The molecule has 4 nitrogen and oxygen atoms in total. The van der Waals surface area contributed by atoms with E-state index in [2.05, 4.69) is 9.36 Å². The van der Waals surface area contributed by atoms with E-state index >= 15 is 0 Å². The number of piperidine rings is 1. The number of carbonyl (C=O) groups excluding carboxylic acids is 1. The number of aromatic nitrogens is 2. The number of nitrogens with zero attached hydrogens (tertiary/aromatic N) is 3. The van der Waals surface area contributed by atoms with Crippen LogP contribution in [0.1, 0.15) is 39.7 Å². The van der Waals surface area contributed by atoms with E-state index in [9.17, 15) is 18.0 Å². The molecule has 3 heterocycles. The van der Waals surface area contributed by atoms with E-state index in [4.69, 9.17) is 23.2 Å². The summed E-state index contributed by atoms with van der Waals surface area (Å²) in [5.74, 6) is -0.394. The van der Waals surface area contributed by atoms with Crippen LogP contribution < -0.4 is 0 Å². The Bertz CT molecular complexity index is 1080. The van der Waals surface area contributed by atoms with Gasteiger partial charge in [0.25, 0.3) is 5.91 Å². The van der Waals surface area contributed by atoms with Crippen molar-refractivity contribution in [3.05, 3.63) is 56.0 Å². The number of alkyl halides is 3. The van der Waals surface area contributed by atoms with Gasteiger partial charge in [-0.1, -0.05) is 29.3 Å². The van der Waals surface area contributed by atoms with E-state index in [0.717, 1.165) is 30.0 Å². The van der Waals surface area contributed by atoms with Gasteiger partial charge in [-0.25, -0.2) is 4.98 Å². The molecule has 1 fully saturated rings. The molecule has 1 amide bonds. The highest BCUT2D eigenvalue weighted by molar-refractivity contribution is 7.12. The lowest BCUT2D eigenvalue weighted by Gasteiger charge is -2.32. The molecule has 30 heavy (non-hydrogen) atoms. The van der Waals surface area contributed by atoms with Crippen LogP contribution >= 0.6 is 46.1 Å². The Morgan fingerprint density at radius 1 is 1.27 bits per heavy atom. The van der Waals surface area contributed by atoms with Gasteiger partial charge in [-0.2, -0.15) is 17.5 Å². The van der Waals surface area contributed by atoms with E-state index in [1.54, 1.807) is 4.90 Å². The molecule has 1 unspecified atom stereocenters. The molecule has 0 aliphatic carbocycles. The molecule has 2 aromatic heterocycles. The molecule has 0 N–H and O–H groups in total. The maximum Gasteiger partial charge on any atom is 0.416 e. The van der Waals surface area contributed by atoms with Crippen LogP contribution in [0.5, 0.6) is 0 Å². The van der Waals surface area contributed by atoms with Gasteiger partial charge >= 0.3 is 6.18 Å². The molecule has 1 aliphatic heterocycles. The van der Waals surface area contributed by atoms with Gasteiger partial charge < -0.3 is 4.90 Å². The lowest BCUT2D eigenvalue weighted by atomic mass is 9.97. The van der Waals surface area contributed by atoms with Crippen molar-refractivity contribution in [3.63, 3.8) is 0 Å². The minimum absolute atomic E-state index is 0.00872. The Labute approximate surface area is 188 Å². The van der Waals surface area contributed by atoms with Gasteiger partial charge in [-0.15, -0.1) is 11.3 Å². The second-order valence-electron chi connectivity index (χ2n) is 6.86. The van der Waals surface area contributed by atoms with Crippen molar-refractivity contribution in [3.8, 4) is 10.6 Å². The summed E-state index contributed by atoms with van der Waals surface area (Å²) < 4.78 is 42.9. The first-order valence-electron chi connectivity index (χ1n) is 8.97. The number of thiazole rings is 1. The molecule has 1 aliphatic rings. The van der Waals surface area contributed by atoms with Crippen LogP contribution in [0.2, 0.25) is 10.2 Å². The Balaban J connectivity index is 1.51. The average molecular weight is 492 g/mol. The van der Waals surface area contributed by atoms with Gasteiger partial charge in [-0.3, -0.25) is 4.79 Å². The Morgan fingerprint density at radius 2 is 2.07 bits per heavy atom. The van der Waals surface area contributed by atoms with Crippen LogP contribution in [0.3, 0.4) is 0 Å². The van der Waals surface area contributed by atoms with Gasteiger partial charge in [0.2, 0.25) is 0 Å². The number of likely N-dealkylation sites (tertiary alicyclic amines) is 1. The standard InChI is InChI=1S/C19H14Cl2F3N3OS2/c20-14-15(30-26-16(14)21)13-9-29-17(25-13)11-4-2-6-27(8-11)18(28)10-3-1-5-12(7-10)19(22,23)24/h1,3,5,7,9,11H,2,4,6,8H2. The van der Waals surface area contributed by atoms with E-state index in [1.165, 1.54) is 35.0 Å². The third kappa shape index (κ3) is 4.34. The molecule has 0 saturated carbocycles. The smallest absolute Gasteiger partial charge is 0.338 e. The van der Waals surface area contributed by atoms with Gasteiger partial charge in [-0.05, 0) is 42.6 Å². The average Bonchev–Trinajstić information content (AvgIpc) is 3.34. The predicted molar refractivity (Wildman–Crippen MR) is 113 cm³/mol. The molecule has 0 spiro atoms. The Hall–Kier alpha value is -1.68. The molecule has 4 rings (SSSR count). The topological polar surface area (TPSA) is 46.1 Å². The summed E-state index contributed by atoms with van der Waals surface area (Å²) in [6.07, 6.45) is -2.90. The van der Waals surface area contributed by atoms with Crippen LogP contribution in [0.4, 0.5) is 13.2 Å². The van der Waals surface area contributed by atoms with Crippen molar-refractivity contribution in [2.75, 3.05) is 13.1 Å². The first-order valence-corrected chi connectivity index (χ1v) is 11.4. The summed E-state index contributed by atoms with van der Waals surface area (Å²) in [5.41, 5.74) is -0.103. The highest BCUT2D eigenvalue weighted by Crippen LogP contribution is 2.39. The van der Waals surface area contributed by atoms with Crippen molar-refractivity contribution in [2.45, 2.75) is 24.9 Å². The zero-order valence-corrected chi connectivity index (χ0v) is 18.4. The number of rotatable bonds is 3. The fourth-order valence-corrected chi connectivity index (χ4v) is 5.57. The molecule has 0 bridgehead atoms. The first kappa shape index (κ1) is 21.5. The molecule has 0 radical (unpaired) electrons. The lowest BCUT2D eigenvalue weighted by molar-refractivity contribution is -0.137. The highest BCUT2D eigenvalue weighted by Gasteiger charge is 2.32. The molecule has 1 atom stereocenters. The minimum Gasteiger partial charge on any atom is -0.338 e. The molecule has 158 valence electrons. The van der Waals surface area contributed by atoms with Crippen molar-refractivity contribution >= 4 is 52.0 Å². The molecule has 3 aromatic rings. The molecular weight excluding hydrogens is 478 g/mol. The zero-order chi connectivity index (χ0) is 21.5. The Kier molecular flexibility index (Phi) is 6.07. The zero-order valence-electron chi connectivity index (χ0n) is 15.2. The fourth-order valence-electron chi connectivity index (χ4n) is 3.37. The van der Waals surface area contributed by atoms with Gasteiger partial charge in [0.1, 0.15) is 0 Å². The quantitative estimate of drug-likeness (QED) is 0.413. The van der Waals surface area contributed by atoms with Crippen LogP contribution in [-0.2, 0) is 6.18 Å². The van der Waals surface area contributed by atoms with Crippen molar-refractivity contribution < 1.29 is 18.0 Å². The van der Waals surface area contributed by atoms with E-state index in [-0.39, 0.29) is 16.6 Å². The molecule has 1 aromatic carbocycles. The molecular formula is C19H14Cl2F3N3OS2. The second-order valence-corrected chi connectivity index (χ2v) is 9.26. The third-order valence-corrected chi connectivity index (χ3v) is 7.67. The summed E-state index contributed by atoms with van der Waals surface area (Å²) in [7, 11) is 0. The van der Waals surface area contributed by atoms with Crippen molar-refractivity contribution in [1.29, 1.82) is 0 Å². The van der Waals surface area contributed by atoms with Gasteiger partial charge in [0.05, 0.1) is 26.2 Å². The SMILES string of the molecule is O=C(c1cccc(C(F)(F)F)c1)N1CCCC(c2nc(-c3snc(Cl)c3Cl)cs2)C1. The van der Waals surface area contributed by atoms with Crippen molar-refractivity contribution in [2.24, 2.45) is 0 Å². The lowest BCUT2D eigenvalue weighted by Crippen LogP contribution is -2.39. The van der Waals surface area contributed by atoms with E-state index in [0.29, 0.717) is 28.7 Å². The monoisotopic (exact) mass is 491 g/mol. The third-order valence-electron chi connectivity index (χ3n) is 4.85. The highest BCUT2D eigenvalue weighted by atomic mass is 35.5. The Morgan fingerprint density at radius 3 is 2.77 bits per heavy atom. The summed E-state index contributed by atoms with van der Waals surface area (Å²) >= 11 is 14.7. The summed E-state index contributed by atoms with van der Waals surface area (Å²) in [5, 5.41) is 3.33. The number of halogens is 5. The number of hydrogen-bond donors (Lipinski definition) is 0. The predicted octanol–water partition coefficient (Wildman–Crippen LogP) is 6.61. The van der Waals surface area contributed by atoms with Gasteiger partial charge in [0.15, 0.2) is 5.15 Å². The molecule has 1 saturated heterocycles. The maximum absolute atomic E-state index is 13.0. The summed E-state index contributed by atoms with van der Waals surface area (Å²) in [6, 6.07) is 4.54. The number of benzene rings is 1. The summed E-state index contributed by atoms with van der Waals surface area (Å²) in [6.45, 7) is 0.902. The minimum atomic E-state index is -4.49. The van der Waals surface area contributed by atoms with Crippen LogP contribution in [-0.4, -0.2) is 33.3 Å². The second kappa shape index (κ2) is 8.45. The number of carbonyl (C=O) groups is 1. The van der Waals surface area contributed by atoms with E-state index < -0.39 is 17.6 Å². The fraction of sp³-hybridized carbons (Fsp3) is 0.316. The van der Waals surface area contributed by atoms with Gasteiger partial charge in [0, 0.05) is 30.0 Å².